The Morgan fingerprint density at radius 2 is 2.08 bits per heavy atom. The van der Waals surface area contributed by atoms with Crippen LogP contribution in [0.1, 0.15) is 39.5 Å². The Hall–Kier alpha value is -0.570. The van der Waals surface area contributed by atoms with Gasteiger partial charge in [0.05, 0.1) is 6.42 Å². The largest absolute Gasteiger partial charge is 0.481 e. The van der Waals surface area contributed by atoms with Crippen LogP contribution in [-0.2, 0) is 4.79 Å². The lowest BCUT2D eigenvalue weighted by Crippen LogP contribution is -2.43. The molecular formula is C10H19NO2. The van der Waals surface area contributed by atoms with Crippen LogP contribution in [0.2, 0.25) is 0 Å². The maximum absolute atomic E-state index is 10.7. The Morgan fingerprint density at radius 1 is 1.46 bits per heavy atom. The van der Waals surface area contributed by atoms with E-state index in [1.807, 2.05) is 7.05 Å². The molecule has 13 heavy (non-hydrogen) atoms. The van der Waals surface area contributed by atoms with Crippen LogP contribution in [0.25, 0.3) is 0 Å². The molecule has 1 saturated carbocycles. The zero-order chi connectivity index (χ0) is 10.1. The van der Waals surface area contributed by atoms with Gasteiger partial charge >= 0.3 is 5.97 Å². The van der Waals surface area contributed by atoms with Crippen molar-refractivity contribution in [3.05, 3.63) is 0 Å². The van der Waals surface area contributed by atoms with E-state index in [1.165, 1.54) is 0 Å². The van der Waals surface area contributed by atoms with E-state index in [9.17, 15) is 4.79 Å². The van der Waals surface area contributed by atoms with Crippen LogP contribution in [0, 0.1) is 5.41 Å². The summed E-state index contributed by atoms with van der Waals surface area (Å²) in [6.07, 6.45) is 3.29. The number of carbonyl (C=O) groups is 1. The van der Waals surface area contributed by atoms with Crippen molar-refractivity contribution in [1.82, 2.24) is 5.32 Å². The third kappa shape index (κ3) is 2.44. The molecule has 0 amide bonds. The van der Waals surface area contributed by atoms with Crippen molar-refractivity contribution in [2.24, 2.45) is 5.41 Å². The molecule has 0 spiro atoms. The molecule has 0 aromatic rings. The molecule has 1 aliphatic rings. The number of carboxylic acids is 1. The van der Waals surface area contributed by atoms with Gasteiger partial charge in [0.2, 0.25) is 0 Å². The molecule has 0 aromatic heterocycles. The van der Waals surface area contributed by atoms with Gasteiger partial charge in [-0.25, -0.2) is 0 Å². The quantitative estimate of drug-likeness (QED) is 0.702. The molecule has 3 nitrogen and oxygen atoms in total. The summed E-state index contributed by atoms with van der Waals surface area (Å²) in [5.74, 6) is -0.702. The van der Waals surface area contributed by atoms with E-state index in [0.717, 1.165) is 19.3 Å². The highest BCUT2D eigenvalue weighted by Crippen LogP contribution is 2.44. The van der Waals surface area contributed by atoms with E-state index >= 15 is 0 Å². The smallest absolute Gasteiger partial charge is 0.305 e. The summed E-state index contributed by atoms with van der Waals surface area (Å²) in [6.45, 7) is 4.40. The number of hydrogen-bond donors (Lipinski definition) is 2. The van der Waals surface area contributed by atoms with Crippen LogP contribution in [0.4, 0.5) is 0 Å². The Balaban J connectivity index is 2.68. The van der Waals surface area contributed by atoms with Crippen molar-refractivity contribution < 1.29 is 9.90 Å². The molecule has 1 atom stereocenters. The minimum absolute atomic E-state index is 0.157. The minimum Gasteiger partial charge on any atom is -0.481 e. The van der Waals surface area contributed by atoms with Crippen LogP contribution < -0.4 is 5.32 Å². The SMILES string of the molecule is CNC1(CC(=O)O)CCC(C)(C)C1. The first kappa shape index (κ1) is 10.5. The average Bonchev–Trinajstić information content (AvgIpc) is 2.26. The Bertz CT molecular complexity index is 213. The fourth-order valence-electron chi connectivity index (χ4n) is 2.41. The molecule has 1 fully saturated rings. The van der Waals surface area contributed by atoms with Crippen LogP contribution >= 0.6 is 0 Å². The van der Waals surface area contributed by atoms with Gasteiger partial charge in [-0.3, -0.25) is 4.79 Å². The van der Waals surface area contributed by atoms with Gasteiger partial charge in [-0.15, -0.1) is 0 Å². The van der Waals surface area contributed by atoms with Crippen LogP contribution in [0.3, 0.4) is 0 Å². The summed E-state index contributed by atoms with van der Waals surface area (Å²) in [5, 5.41) is 12.0. The normalized spacial score (nSPS) is 31.9. The van der Waals surface area contributed by atoms with Gasteiger partial charge in [-0.05, 0) is 31.7 Å². The number of carboxylic acid groups (broad SMARTS) is 1. The molecule has 0 bridgehead atoms. The van der Waals surface area contributed by atoms with Crippen LogP contribution in [0.5, 0.6) is 0 Å². The second kappa shape index (κ2) is 3.29. The molecule has 1 unspecified atom stereocenters. The van der Waals surface area contributed by atoms with Crippen LogP contribution in [0.15, 0.2) is 0 Å². The number of nitrogens with one attached hydrogen (secondary N) is 1. The monoisotopic (exact) mass is 185 g/mol. The third-order valence-corrected chi connectivity index (χ3v) is 3.12. The predicted molar refractivity (Wildman–Crippen MR) is 51.7 cm³/mol. The van der Waals surface area contributed by atoms with Gasteiger partial charge in [0, 0.05) is 5.54 Å². The Kier molecular flexibility index (Phi) is 2.66. The van der Waals surface area contributed by atoms with Crippen molar-refractivity contribution in [3.63, 3.8) is 0 Å². The van der Waals surface area contributed by atoms with E-state index in [2.05, 4.69) is 19.2 Å². The molecule has 1 rings (SSSR count). The first-order chi connectivity index (χ1) is 5.89. The molecule has 0 aliphatic heterocycles. The van der Waals surface area contributed by atoms with E-state index in [0.29, 0.717) is 5.41 Å². The maximum atomic E-state index is 10.7. The Labute approximate surface area is 79.5 Å². The summed E-state index contributed by atoms with van der Waals surface area (Å²) in [5.41, 5.74) is 0.133. The molecule has 0 heterocycles. The first-order valence-electron chi connectivity index (χ1n) is 4.80. The van der Waals surface area contributed by atoms with E-state index in [4.69, 9.17) is 5.11 Å². The van der Waals surface area contributed by atoms with Crippen molar-refractivity contribution in [3.8, 4) is 0 Å². The lowest BCUT2D eigenvalue weighted by atomic mass is 9.86. The summed E-state index contributed by atoms with van der Waals surface area (Å²) in [6, 6.07) is 0. The molecule has 3 heteroatoms. The number of rotatable bonds is 3. The van der Waals surface area contributed by atoms with Crippen molar-refractivity contribution in [2.45, 2.75) is 45.1 Å². The number of hydrogen-bond acceptors (Lipinski definition) is 2. The fraction of sp³-hybridized carbons (Fsp3) is 0.900. The van der Waals surface area contributed by atoms with Gasteiger partial charge in [-0.1, -0.05) is 13.8 Å². The van der Waals surface area contributed by atoms with Gasteiger partial charge in [-0.2, -0.15) is 0 Å². The van der Waals surface area contributed by atoms with Crippen molar-refractivity contribution in [1.29, 1.82) is 0 Å². The molecule has 1 aliphatic carbocycles. The van der Waals surface area contributed by atoms with Gasteiger partial charge in [0.1, 0.15) is 0 Å². The summed E-state index contributed by atoms with van der Waals surface area (Å²) >= 11 is 0. The molecule has 76 valence electrons. The van der Waals surface area contributed by atoms with Gasteiger partial charge < -0.3 is 10.4 Å². The fourth-order valence-corrected chi connectivity index (χ4v) is 2.41. The van der Waals surface area contributed by atoms with E-state index in [1.54, 1.807) is 0 Å². The predicted octanol–water partition coefficient (Wildman–Crippen LogP) is 1.63. The lowest BCUT2D eigenvalue weighted by Gasteiger charge is -2.28. The van der Waals surface area contributed by atoms with Crippen molar-refractivity contribution in [2.75, 3.05) is 7.05 Å². The zero-order valence-electron chi connectivity index (χ0n) is 8.68. The average molecular weight is 185 g/mol. The highest BCUT2D eigenvalue weighted by Gasteiger charge is 2.43. The molecule has 0 aromatic carbocycles. The van der Waals surface area contributed by atoms with Crippen LogP contribution in [-0.4, -0.2) is 23.7 Å². The second-order valence-corrected chi connectivity index (χ2v) is 4.94. The Morgan fingerprint density at radius 3 is 2.38 bits per heavy atom. The highest BCUT2D eigenvalue weighted by molar-refractivity contribution is 5.68. The molecule has 0 radical (unpaired) electrons. The number of aliphatic carboxylic acids is 1. The standard InChI is InChI=1S/C10H19NO2/c1-9(2)4-5-10(7-9,11-3)6-8(12)13/h11H,4-7H2,1-3H3,(H,12,13). The van der Waals surface area contributed by atoms with E-state index < -0.39 is 5.97 Å². The lowest BCUT2D eigenvalue weighted by molar-refractivity contribution is -0.138. The van der Waals surface area contributed by atoms with E-state index in [-0.39, 0.29) is 12.0 Å². The van der Waals surface area contributed by atoms with Gasteiger partial charge in [0.15, 0.2) is 0 Å². The first-order valence-corrected chi connectivity index (χ1v) is 4.80. The summed E-state index contributed by atoms with van der Waals surface area (Å²) in [4.78, 5) is 10.7. The highest BCUT2D eigenvalue weighted by atomic mass is 16.4. The third-order valence-electron chi connectivity index (χ3n) is 3.12. The van der Waals surface area contributed by atoms with Crippen molar-refractivity contribution >= 4 is 5.97 Å². The summed E-state index contributed by atoms with van der Waals surface area (Å²) < 4.78 is 0. The second-order valence-electron chi connectivity index (χ2n) is 4.94. The summed E-state index contributed by atoms with van der Waals surface area (Å²) in [7, 11) is 1.87. The topological polar surface area (TPSA) is 49.3 Å². The molecule has 0 saturated heterocycles. The van der Waals surface area contributed by atoms with Gasteiger partial charge in [0.25, 0.3) is 0 Å². The minimum atomic E-state index is -0.702. The molecule has 2 N–H and O–H groups in total. The molecular weight excluding hydrogens is 166 g/mol. The zero-order valence-corrected chi connectivity index (χ0v) is 8.68. The maximum Gasteiger partial charge on any atom is 0.305 e.